The van der Waals surface area contributed by atoms with Crippen LogP contribution in [0.1, 0.15) is 25.5 Å². The van der Waals surface area contributed by atoms with Gasteiger partial charge in [0, 0.05) is 17.5 Å². The Hall–Kier alpha value is -2.62. The van der Waals surface area contributed by atoms with Crippen LogP contribution >= 0.6 is 0 Å². The maximum Gasteiger partial charge on any atom is 0.227 e. The van der Waals surface area contributed by atoms with Crippen LogP contribution in [0.2, 0.25) is 0 Å². The molecule has 0 aliphatic carbocycles. The molecule has 2 aliphatic heterocycles. The van der Waals surface area contributed by atoms with Crippen molar-refractivity contribution in [3.05, 3.63) is 60.0 Å². The average molecular weight is 306 g/mol. The molecule has 1 aromatic heterocycles. The van der Waals surface area contributed by atoms with Gasteiger partial charge in [0.15, 0.2) is 0 Å². The van der Waals surface area contributed by atoms with E-state index in [1.807, 2.05) is 41.3 Å². The van der Waals surface area contributed by atoms with Gasteiger partial charge in [-0.15, -0.1) is 0 Å². The fraction of sp³-hybridized carbons (Fsp3) is 0.211. The highest BCUT2D eigenvalue weighted by Gasteiger charge is 2.49. The molecule has 0 spiro atoms. The molecule has 3 heterocycles. The van der Waals surface area contributed by atoms with E-state index in [-0.39, 0.29) is 17.3 Å². The van der Waals surface area contributed by atoms with Gasteiger partial charge < -0.3 is 4.57 Å². The molecule has 3 nitrogen and oxygen atoms in total. The molecule has 0 saturated carbocycles. The van der Waals surface area contributed by atoms with Crippen molar-refractivity contribution in [1.82, 2.24) is 4.57 Å². The lowest BCUT2D eigenvalue weighted by atomic mass is 9.91. The third-order valence-corrected chi connectivity index (χ3v) is 5.25. The van der Waals surface area contributed by atoms with Crippen molar-refractivity contribution in [2.24, 2.45) is 0 Å². The number of carbonyl (C=O) groups excluding carboxylic acids is 1. The SMILES string of the molecule is CC12CCC(=O)N1c1ccccc1-n1c2cc2cc(F)ccc21. The Morgan fingerprint density at radius 2 is 1.87 bits per heavy atom. The highest BCUT2D eigenvalue weighted by atomic mass is 19.1. The van der Waals surface area contributed by atoms with Crippen LogP contribution in [-0.4, -0.2) is 10.5 Å². The third-order valence-electron chi connectivity index (χ3n) is 5.25. The molecule has 1 amide bonds. The quantitative estimate of drug-likeness (QED) is 0.613. The van der Waals surface area contributed by atoms with Crippen LogP contribution in [0.25, 0.3) is 16.6 Å². The summed E-state index contributed by atoms with van der Waals surface area (Å²) in [4.78, 5) is 14.4. The first kappa shape index (κ1) is 12.9. The van der Waals surface area contributed by atoms with Crippen molar-refractivity contribution >= 4 is 22.5 Å². The van der Waals surface area contributed by atoms with Crippen LogP contribution < -0.4 is 4.90 Å². The van der Waals surface area contributed by atoms with Crippen LogP contribution in [-0.2, 0) is 10.3 Å². The topological polar surface area (TPSA) is 25.2 Å². The van der Waals surface area contributed by atoms with Gasteiger partial charge in [-0.05, 0) is 49.7 Å². The maximum atomic E-state index is 13.6. The first-order valence-corrected chi connectivity index (χ1v) is 7.83. The van der Waals surface area contributed by atoms with E-state index in [0.29, 0.717) is 6.42 Å². The zero-order valence-corrected chi connectivity index (χ0v) is 12.7. The van der Waals surface area contributed by atoms with Gasteiger partial charge in [0.05, 0.1) is 22.4 Å². The molecule has 0 radical (unpaired) electrons. The Balaban J connectivity index is 1.95. The molecule has 1 atom stereocenters. The van der Waals surface area contributed by atoms with Gasteiger partial charge in [-0.1, -0.05) is 12.1 Å². The highest BCUT2D eigenvalue weighted by molar-refractivity contribution is 6.02. The molecular formula is C19H15FN2O. The van der Waals surface area contributed by atoms with Gasteiger partial charge in [-0.25, -0.2) is 4.39 Å². The number of hydrogen-bond acceptors (Lipinski definition) is 1. The Kier molecular flexibility index (Phi) is 2.25. The molecule has 2 aliphatic rings. The number of nitrogens with zero attached hydrogens (tertiary/aromatic N) is 2. The smallest absolute Gasteiger partial charge is 0.227 e. The van der Waals surface area contributed by atoms with Gasteiger partial charge in [0.25, 0.3) is 0 Å². The number of aromatic nitrogens is 1. The van der Waals surface area contributed by atoms with Gasteiger partial charge >= 0.3 is 0 Å². The first-order chi connectivity index (χ1) is 11.1. The summed E-state index contributed by atoms with van der Waals surface area (Å²) < 4.78 is 15.8. The fourth-order valence-electron chi connectivity index (χ4n) is 4.18. The largest absolute Gasteiger partial charge is 0.309 e. The molecule has 23 heavy (non-hydrogen) atoms. The molecule has 3 aromatic rings. The lowest BCUT2D eigenvalue weighted by Gasteiger charge is -2.41. The number of fused-ring (bicyclic) bond motifs is 8. The maximum absolute atomic E-state index is 13.6. The van der Waals surface area contributed by atoms with E-state index in [1.165, 1.54) is 6.07 Å². The van der Waals surface area contributed by atoms with Crippen LogP contribution in [0.15, 0.2) is 48.5 Å². The molecule has 1 fully saturated rings. The summed E-state index contributed by atoms with van der Waals surface area (Å²) in [5, 5.41) is 0.872. The molecular weight excluding hydrogens is 291 g/mol. The monoisotopic (exact) mass is 306 g/mol. The van der Waals surface area contributed by atoms with E-state index in [2.05, 4.69) is 11.5 Å². The van der Waals surface area contributed by atoms with E-state index < -0.39 is 0 Å². The highest BCUT2D eigenvalue weighted by Crippen LogP contribution is 2.50. The standard InChI is InChI=1S/C19H15FN2O/c1-19-9-8-18(23)22(19)16-5-3-2-4-15(16)21-14-7-6-13(20)10-12(14)11-17(19)21/h2-7,10-11H,8-9H2,1H3. The number of para-hydroxylation sites is 2. The minimum atomic E-state index is -0.374. The minimum absolute atomic E-state index is 0.155. The van der Waals surface area contributed by atoms with Crippen molar-refractivity contribution in [1.29, 1.82) is 0 Å². The van der Waals surface area contributed by atoms with E-state index >= 15 is 0 Å². The van der Waals surface area contributed by atoms with Crippen LogP contribution in [0, 0.1) is 5.82 Å². The van der Waals surface area contributed by atoms with E-state index in [1.54, 1.807) is 6.07 Å². The number of benzene rings is 2. The molecule has 5 rings (SSSR count). The lowest BCUT2D eigenvalue weighted by Crippen LogP contribution is -2.45. The number of amides is 1. The average Bonchev–Trinajstić information content (AvgIpc) is 3.06. The lowest BCUT2D eigenvalue weighted by molar-refractivity contribution is -0.117. The summed E-state index contributed by atoms with van der Waals surface area (Å²) in [6.07, 6.45) is 1.32. The summed E-state index contributed by atoms with van der Waals surface area (Å²) in [7, 11) is 0. The zero-order valence-electron chi connectivity index (χ0n) is 12.7. The number of hydrogen-bond donors (Lipinski definition) is 0. The predicted molar refractivity (Wildman–Crippen MR) is 87.3 cm³/mol. The van der Waals surface area contributed by atoms with Crippen LogP contribution in [0.4, 0.5) is 10.1 Å². The third kappa shape index (κ3) is 1.46. The van der Waals surface area contributed by atoms with Crippen molar-refractivity contribution in [2.75, 3.05) is 4.90 Å². The number of carbonyl (C=O) groups is 1. The molecule has 2 aromatic carbocycles. The second-order valence-electron chi connectivity index (χ2n) is 6.56. The summed E-state index contributed by atoms with van der Waals surface area (Å²) in [5.41, 5.74) is 3.58. The van der Waals surface area contributed by atoms with E-state index in [4.69, 9.17) is 0 Å². The molecule has 0 bridgehead atoms. The van der Waals surface area contributed by atoms with Gasteiger partial charge in [0.1, 0.15) is 5.82 Å². The summed E-state index contributed by atoms with van der Waals surface area (Å²) in [6.45, 7) is 2.11. The Morgan fingerprint density at radius 1 is 1.09 bits per heavy atom. The first-order valence-electron chi connectivity index (χ1n) is 7.83. The van der Waals surface area contributed by atoms with Crippen molar-refractivity contribution < 1.29 is 9.18 Å². The van der Waals surface area contributed by atoms with Gasteiger partial charge in [-0.3, -0.25) is 9.69 Å². The van der Waals surface area contributed by atoms with Gasteiger partial charge in [-0.2, -0.15) is 0 Å². The summed E-state index contributed by atoms with van der Waals surface area (Å²) in [5.74, 6) is -0.0825. The molecule has 4 heteroatoms. The molecule has 114 valence electrons. The molecule has 1 unspecified atom stereocenters. The van der Waals surface area contributed by atoms with Gasteiger partial charge in [0.2, 0.25) is 5.91 Å². The molecule has 0 N–H and O–H groups in total. The fourth-order valence-corrected chi connectivity index (χ4v) is 4.18. The normalized spacial score (nSPS) is 22.2. The van der Waals surface area contributed by atoms with Crippen LogP contribution in [0.3, 0.4) is 0 Å². The Morgan fingerprint density at radius 3 is 2.70 bits per heavy atom. The van der Waals surface area contributed by atoms with Crippen molar-refractivity contribution in [2.45, 2.75) is 25.3 Å². The number of rotatable bonds is 0. The van der Waals surface area contributed by atoms with Crippen molar-refractivity contribution in [3.63, 3.8) is 0 Å². The Bertz CT molecular complexity index is 990. The minimum Gasteiger partial charge on any atom is -0.309 e. The zero-order chi connectivity index (χ0) is 15.8. The number of halogens is 1. The summed E-state index contributed by atoms with van der Waals surface area (Å²) >= 11 is 0. The second kappa shape index (κ2) is 4.02. The summed E-state index contributed by atoms with van der Waals surface area (Å²) in [6, 6.07) is 14.9. The Labute approximate surface area is 132 Å². The second-order valence-corrected chi connectivity index (χ2v) is 6.56. The van der Waals surface area contributed by atoms with E-state index in [0.717, 1.165) is 34.4 Å². The van der Waals surface area contributed by atoms with E-state index in [9.17, 15) is 9.18 Å². The van der Waals surface area contributed by atoms with Crippen molar-refractivity contribution in [3.8, 4) is 5.69 Å². The predicted octanol–water partition coefficient (Wildman–Crippen LogP) is 4.13. The van der Waals surface area contributed by atoms with Crippen LogP contribution in [0.5, 0.6) is 0 Å². The molecule has 1 saturated heterocycles. The number of anilines is 1.